The van der Waals surface area contributed by atoms with Gasteiger partial charge in [0.25, 0.3) is 0 Å². The van der Waals surface area contributed by atoms with Gasteiger partial charge in [-0.1, -0.05) is 0 Å². The summed E-state index contributed by atoms with van der Waals surface area (Å²) in [5, 5.41) is 3.15. The van der Waals surface area contributed by atoms with E-state index in [1.165, 1.54) is 6.33 Å². The molecule has 0 saturated heterocycles. The molecule has 0 atom stereocenters. The van der Waals surface area contributed by atoms with Gasteiger partial charge in [-0.25, -0.2) is 15.8 Å². The molecule has 2 aromatic heterocycles. The predicted molar refractivity (Wildman–Crippen MR) is 60.7 cm³/mol. The Bertz CT molecular complexity index is 429. The fraction of sp³-hybridized carbons (Fsp3) is 0.200. The fourth-order valence-corrected chi connectivity index (χ4v) is 1.30. The Kier molecular flexibility index (Phi) is 3.35. The van der Waals surface area contributed by atoms with Crippen molar-refractivity contribution in [1.82, 2.24) is 9.97 Å². The topological polar surface area (TPSA) is 89.0 Å². The van der Waals surface area contributed by atoms with E-state index in [0.717, 1.165) is 24.5 Å². The minimum Gasteiger partial charge on any atom is -0.469 e. The molecule has 0 aromatic carbocycles. The molecule has 0 fully saturated rings. The molecule has 6 nitrogen and oxygen atoms in total. The van der Waals surface area contributed by atoms with Crippen molar-refractivity contribution in [2.45, 2.75) is 6.42 Å². The van der Waals surface area contributed by atoms with Crippen molar-refractivity contribution in [3.63, 3.8) is 0 Å². The summed E-state index contributed by atoms with van der Waals surface area (Å²) in [6.45, 7) is 0.745. The van der Waals surface area contributed by atoms with Crippen LogP contribution in [0.25, 0.3) is 0 Å². The number of hydrogen-bond donors (Lipinski definition) is 3. The van der Waals surface area contributed by atoms with Gasteiger partial charge in [-0.05, 0) is 12.1 Å². The zero-order valence-electron chi connectivity index (χ0n) is 8.68. The van der Waals surface area contributed by atoms with Crippen LogP contribution in [0.15, 0.2) is 35.2 Å². The van der Waals surface area contributed by atoms with E-state index in [0.29, 0.717) is 5.82 Å². The third-order valence-electron chi connectivity index (χ3n) is 2.07. The highest BCUT2D eigenvalue weighted by atomic mass is 16.3. The molecule has 0 saturated carbocycles. The lowest BCUT2D eigenvalue weighted by molar-refractivity contribution is 0.513. The number of nitrogens with zero attached hydrogens (tertiary/aromatic N) is 2. The third-order valence-corrected chi connectivity index (χ3v) is 2.07. The van der Waals surface area contributed by atoms with Gasteiger partial charge in [0.1, 0.15) is 23.7 Å². The van der Waals surface area contributed by atoms with E-state index >= 15 is 0 Å². The summed E-state index contributed by atoms with van der Waals surface area (Å²) in [4.78, 5) is 7.97. The number of aromatic nitrogens is 2. The first-order valence-electron chi connectivity index (χ1n) is 4.93. The number of nitrogens with one attached hydrogen (secondary N) is 2. The van der Waals surface area contributed by atoms with Gasteiger partial charge in [0.15, 0.2) is 0 Å². The highest BCUT2D eigenvalue weighted by molar-refractivity contribution is 5.45. The van der Waals surface area contributed by atoms with Crippen molar-refractivity contribution in [2.24, 2.45) is 5.84 Å². The van der Waals surface area contributed by atoms with Crippen LogP contribution < -0.4 is 16.6 Å². The summed E-state index contributed by atoms with van der Waals surface area (Å²) in [5.74, 6) is 7.49. The van der Waals surface area contributed by atoms with Crippen LogP contribution in [-0.2, 0) is 6.42 Å². The first-order valence-corrected chi connectivity index (χ1v) is 4.93. The maximum Gasteiger partial charge on any atom is 0.145 e. The number of nitrogen functional groups attached to an aromatic ring is 1. The molecule has 0 aliphatic heterocycles. The van der Waals surface area contributed by atoms with Gasteiger partial charge in [-0.2, -0.15) is 0 Å². The Balaban J connectivity index is 1.85. The molecule has 4 N–H and O–H groups in total. The smallest absolute Gasteiger partial charge is 0.145 e. The minimum atomic E-state index is 0.579. The lowest BCUT2D eigenvalue weighted by atomic mass is 10.3. The first-order chi connectivity index (χ1) is 7.88. The summed E-state index contributed by atoms with van der Waals surface area (Å²) in [5.41, 5.74) is 2.46. The second-order valence-electron chi connectivity index (χ2n) is 3.19. The van der Waals surface area contributed by atoms with Crippen molar-refractivity contribution >= 4 is 11.6 Å². The molecule has 0 aliphatic carbocycles. The van der Waals surface area contributed by atoms with Crippen LogP contribution in [0.4, 0.5) is 11.6 Å². The van der Waals surface area contributed by atoms with Gasteiger partial charge in [0, 0.05) is 19.0 Å². The SMILES string of the molecule is NNc1cc(NCCc2ccco2)ncn1. The van der Waals surface area contributed by atoms with Crippen LogP contribution in [0.5, 0.6) is 0 Å². The molecule has 0 amide bonds. The number of rotatable bonds is 5. The molecule has 6 heteroatoms. The standard InChI is InChI=1S/C10H13N5O/c11-15-10-6-9(13-7-14-10)12-4-3-8-2-1-5-16-8/h1-2,5-7H,3-4,11H2,(H2,12,13,14,15). The van der Waals surface area contributed by atoms with Crippen molar-refractivity contribution < 1.29 is 4.42 Å². The van der Waals surface area contributed by atoms with E-state index in [1.807, 2.05) is 12.1 Å². The average molecular weight is 219 g/mol. The Morgan fingerprint density at radius 3 is 2.94 bits per heavy atom. The molecule has 0 bridgehead atoms. The molecule has 84 valence electrons. The maximum atomic E-state index is 5.24. The van der Waals surface area contributed by atoms with Gasteiger partial charge in [0.05, 0.1) is 6.26 Å². The number of anilines is 2. The van der Waals surface area contributed by atoms with Gasteiger partial charge >= 0.3 is 0 Å². The summed E-state index contributed by atoms with van der Waals surface area (Å²) in [6, 6.07) is 5.55. The van der Waals surface area contributed by atoms with E-state index in [4.69, 9.17) is 10.3 Å². The van der Waals surface area contributed by atoms with Crippen LogP contribution in [0.3, 0.4) is 0 Å². The minimum absolute atomic E-state index is 0.579. The highest BCUT2D eigenvalue weighted by Crippen LogP contribution is 2.07. The summed E-state index contributed by atoms with van der Waals surface area (Å²) >= 11 is 0. The van der Waals surface area contributed by atoms with Crippen LogP contribution in [-0.4, -0.2) is 16.5 Å². The number of nitrogens with two attached hydrogens (primary N) is 1. The average Bonchev–Trinajstić information content (AvgIpc) is 2.82. The van der Waals surface area contributed by atoms with E-state index in [2.05, 4.69) is 20.7 Å². The highest BCUT2D eigenvalue weighted by Gasteiger charge is 1.98. The number of hydrazine groups is 1. The monoisotopic (exact) mass is 219 g/mol. The zero-order valence-corrected chi connectivity index (χ0v) is 8.68. The molecule has 16 heavy (non-hydrogen) atoms. The van der Waals surface area contributed by atoms with Crippen LogP contribution in [0, 0.1) is 0 Å². The van der Waals surface area contributed by atoms with Gasteiger partial charge in [-0.15, -0.1) is 0 Å². The van der Waals surface area contributed by atoms with E-state index in [-0.39, 0.29) is 0 Å². The normalized spacial score (nSPS) is 10.1. The van der Waals surface area contributed by atoms with Crippen molar-refractivity contribution in [1.29, 1.82) is 0 Å². The molecule has 2 rings (SSSR count). The molecular formula is C10H13N5O. The number of furan rings is 1. The molecule has 2 aromatic rings. The zero-order chi connectivity index (χ0) is 11.2. The van der Waals surface area contributed by atoms with Crippen LogP contribution in [0.2, 0.25) is 0 Å². The molecule has 0 spiro atoms. The summed E-state index contributed by atoms with van der Waals surface area (Å²) in [6.07, 6.45) is 3.92. The fourth-order valence-electron chi connectivity index (χ4n) is 1.30. The quantitative estimate of drug-likeness (QED) is 0.513. The van der Waals surface area contributed by atoms with E-state index in [1.54, 1.807) is 12.3 Å². The molecule has 0 aliphatic rings. The second-order valence-corrected chi connectivity index (χ2v) is 3.19. The molecule has 2 heterocycles. The Morgan fingerprint density at radius 2 is 2.19 bits per heavy atom. The Hall–Kier alpha value is -2.08. The van der Waals surface area contributed by atoms with Gasteiger partial charge < -0.3 is 15.2 Å². The lowest BCUT2D eigenvalue weighted by Crippen LogP contribution is -2.11. The Labute approximate surface area is 92.9 Å². The van der Waals surface area contributed by atoms with E-state index < -0.39 is 0 Å². The Morgan fingerprint density at radius 1 is 1.31 bits per heavy atom. The largest absolute Gasteiger partial charge is 0.469 e. The lowest BCUT2D eigenvalue weighted by Gasteiger charge is -2.05. The van der Waals surface area contributed by atoms with Gasteiger partial charge in [-0.3, -0.25) is 0 Å². The van der Waals surface area contributed by atoms with Gasteiger partial charge in [0.2, 0.25) is 0 Å². The van der Waals surface area contributed by atoms with Crippen LogP contribution >= 0.6 is 0 Å². The molecule has 0 radical (unpaired) electrons. The van der Waals surface area contributed by atoms with Crippen molar-refractivity contribution in [3.05, 3.63) is 36.5 Å². The summed E-state index contributed by atoms with van der Waals surface area (Å²) < 4.78 is 5.21. The predicted octanol–water partition coefficient (Wildman–Crippen LogP) is 1.01. The molecular weight excluding hydrogens is 206 g/mol. The first kappa shape index (κ1) is 10.4. The third kappa shape index (κ3) is 2.71. The second kappa shape index (κ2) is 5.13. The van der Waals surface area contributed by atoms with Crippen LogP contribution in [0.1, 0.15) is 5.76 Å². The number of hydrogen-bond acceptors (Lipinski definition) is 6. The maximum absolute atomic E-state index is 5.24. The van der Waals surface area contributed by atoms with Crippen molar-refractivity contribution in [3.8, 4) is 0 Å². The summed E-state index contributed by atoms with van der Waals surface area (Å²) in [7, 11) is 0. The van der Waals surface area contributed by atoms with Crippen molar-refractivity contribution in [2.75, 3.05) is 17.3 Å². The van der Waals surface area contributed by atoms with E-state index in [9.17, 15) is 0 Å². The molecule has 0 unspecified atom stereocenters.